The fourth-order valence-electron chi connectivity index (χ4n) is 0.642. The zero-order chi connectivity index (χ0) is 9.14. The third kappa shape index (κ3) is 2.37. The molecule has 1 atom stereocenters. The lowest BCUT2D eigenvalue weighted by Crippen LogP contribution is -1.97. The van der Waals surface area contributed by atoms with Crippen LogP contribution in [-0.4, -0.2) is 8.76 Å². The summed E-state index contributed by atoms with van der Waals surface area (Å²) >= 11 is 3.28. The summed E-state index contributed by atoms with van der Waals surface area (Å²) in [5.74, 6) is 0.204. The molecule has 0 heterocycles. The van der Waals surface area contributed by atoms with Crippen LogP contribution in [0.1, 0.15) is 0 Å². The Hall–Kier alpha value is -0.780. The van der Waals surface area contributed by atoms with Gasteiger partial charge in [-0.2, -0.15) is 4.21 Å². The van der Waals surface area contributed by atoms with Gasteiger partial charge in [-0.1, -0.05) is 11.6 Å². The summed E-state index contributed by atoms with van der Waals surface area (Å²) < 4.78 is 23.0. The number of anilines is 1. The highest BCUT2D eigenvalue weighted by Crippen LogP contribution is 2.24. The van der Waals surface area contributed by atoms with E-state index < -0.39 is 11.4 Å². The van der Waals surface area contributed by atoms with Crippen LogP contribution < -0.4 is 9.92 Å². The molecule has 66 valence electrons. The highest BCUT2D eigenvalue weighted by atomic mass is 35.5. The van der Waals surface area contributed by atoms with Crippen molar-refractivity contribution in [2.75, 3.05) is 5.73 Å². The summed E-state index contributed by atoms with van der Waals surface area (Å²) in [6, 6.07) is 4.31. The van der Waals surface area contributed by atoms with Crippen molar-refractivity contribution >= 4 is 28.6 Å². The van der Waals surface area contributed by atoms with Gasteiger partial charge >= 0.3 is 11.4 Å². The molecule has 0 amide bonds. The van der Waals surface area contributed by atoms with E-state index in [0.717, 1.165) is 0 Å². The first-order valence-corrected chi connectivity index (χ1v) is 4.35. The van der Waals surface area contributed by atoms with Crippen LogP contribution >= 0.6 is 11.6 Å². The highest BCUT2D eigenvalue weighted by molar-refractivity contribution is 7.74. The second-order valence-corrected chi connectivity index (χ2v) is 2.99. The molecular formula is C6H6ClNO3S. The molecule has 12 heavy (non-hydrogen) atoms. The molecule has 0 fully saturated rings. The van der Waals surface area contributed by atoms with E-state index in [0.29, 0.717) is 5.69 Å². The van der Waals surface area contributed by atoms with E-state index in [9.17, 15) is 4.21 Å². The minimum atomic E-state index is -2.33. The molecule has 1 aromatic carbocycles. The summed E-state index contributed by atoms with van der Waals surface area (Å²) in [6.07, 6.45) is 0. The van der Waals surface area contributed by atoms with Crippen LogP contribution in [0.3, 0.4) is 0 Å². The normalized spacial score (nSPS) is 12.5. The van der Waals surface area contributed by atoms with Gasteiger partial charge in [-0.3, -0.25) is 4.55 Å². The predicted molar refractivity (Wildman–Crippen MR) is 47.3 cm³/mol. The zero-order valence-corrected chi connectivity index (χ0v) is 7.43. The van der Waals surface area contributed by atoms with Gasteiger partial charge < -0.3 is 9.92 Å². The van der Waals surface area contributed by atoms with Gasteiger partial charge in [0.05, 0.1) is 10.7 Å². The van der Waals surface area contributed by atoms with E-state index in [1.54, 1.807) is 0 Å². The van der Waals surface area contributed by atoms with E-state index in [1.165, 1.54) is 18.2 Å². The van der Waals surface area contributed by atoms with Gasteiger partial charge in [0.15, 0.2) is 0 Å². The van der Waals surface area contributed by atoms with Crippen LogP contribution in [0.5, 0.6) is 5.75 Å². The maximum absolute atomic E-state index is 10.2. The Balaban J connectivity index is 2.89. The lowest BCUT2D eigenvalue weighted by atomic mass is 10.3. The highest BCUT2D eigenvalue weighted by Gasteiger charge is 2.01. The fraction of sp³-hybridized carbons (Fsp3) is 0. The molecule has 4 nitrogen and oxygen atoms in total. The minimum absolute atomic E-state index is 0.204. The molecule has 1 unspecified atom stereocenters. The molecule has 0 aromatic heterocycles. The molecule has 1 aromatic rings. The quantitative estimate of drug-likeness (QED) is 0.569. The maximum atomic E-state index is 10.2. The van der Waals surface area contributed by atoms with Crippen molar-refractivity contribution in [2.45, 2.75) is 0 Å². The number of hydrogen-bond donors (Lipinski definition) is 2. The first-order chi connectivity index (χ1) is 5.59. The zero-order valence-electron chi connectivity index (χ0n) is 5.86. The molecule has 0 aliphatic rings. The number of benzene rings is 1. The van der Waals surface area contributed by atoms with Crippen molar-refractivity contribution in [1.29, 1.82) is 0 Å². The van der Waals surface area contributed by atoms with Crippen LogP contribution in [0.4, 0.5) is 5.69 Å². The van der Waals surface area contributed by atoms with Crippen molar-refractivity contribution in [2.24, 2.45) is 0 Å². The lowest BCUT2D eigenvalue weighted by Gasteiger charge is -2.01. The van der Waals surface area contributed by atoms with Gasteiger partial charge in [0.2, 0.25) is 0 Å². The first-order valence-electron chi connectivity index (χ1n) is 2.94. The van der Waals surface area contributed by atoms with Crippen molar-refractivity contribution < 1.29 is 12.9 Å². The van der Waals surface area contributed by atoms with Crippen molar-refractivity contribution in [3.8, 4) is 5.75 Å². The Labute approximate surface area is 76.8 Å². The summed E-state index contributed by atoms with van der Waals surface area (Å²) in [7, 11) is 0. The molecule has 0 aliphatic carbocycles. The van der Waals surface area contributed by atoms with E-state index >= 15 is 0 Å². The van der Waals surface area contributed by atoms with Crippen LogP contribution in [-0.2, 0) is 11.4 Å². The smallest absolute Gasteiger partial charge is 0.357 e. The summed E-state index contributed by atoms with van der Waals surface area (Å²) in [6.45, 7) is 0. The third-order valence-corrected chi connectivity index (χ3v) is 1.80. The number of rotatable bonds is 2. The second kappa shape index (κ2) is 3.75. The minimum Gasteiger partial charge on any atom is -0.398 e. The van der Waals surface area contributed by atoms with Crippen molar-refractivity contribution in [3.05, 3.63) is 23.2 Å². The number of nitrogens with two attached hydrogens (primary N) is 1. The molecule has 0 spiro atoms. The number of halogens is 1. The second-order valence-electron chi connectivity index (χ2n) is 1.98. The Morgan fingerprint density at radius 1 is 1.58 bits per heavy atom. The van der Waals surface area contributed by atoms with Gasteiger partial charge in [-0.25, -0.2) is 0 Å². The topological polar surface area (TPSA) is 72.5 Å². The van der Waals surface area contributed by atoms with Crippen LogP contribution in [0.25, 0.3) is 0 Å². The predicted octanol–water partition coefficient (Wildman–Crippen LogP) is 1.44. The van der Waals surface area contributed by atoms with Gasteiger partial charge in [-0.05, 0) is 12.1 Å². The molecule has 0 saturated heterocycles. The van der Waals surface area contributed by atoms with E-state index in [2.05, 4.69) is 4.18 Å². The SMILES string of the molecule is Nc1ccc(OS(=O)O)cc1Cl. The van der Waals surface area contributed by atoms with Crippen LogP contribution in [0, 0.1) is 0 Å². The largest absolute Gasteiger partial charge is 0.398 e. The molecule has 0 radical (unpaired) electrons. The molecule has 6 heteroatoms. The van der Waals surface area contributed by atoms with Crippen LogP contribution in [0.2, 0.25) is 5.02 Å². The van der Waals surface area contributed by atoms with Gasteiger partial charge in [0.1, 0.15) is 5.75 Å². The third-order valence-electron chi connectivity index (χ3n) is 1.14. The Bertz CT molecular complexity index is 318. The standard InChI is InChI=1S/C6H6ClNO3S/c7-5-3-4(11-12(9)10)1-2-6(5)8/h1-3H,8H2,(H,9,10). The Kier molecular flexibility index (Phi) is 2.91. The van der Waals surface area contributed by atoms with E-state index in [1.807, 2.05) is 0 Å². The monoisotopic (exact) mass is 207 g/mol. The summed E-state index contributed by atoms with van der Waals surface area (Å²) in [5, 5.41) is 0.290. The molecule has 0 saturated carbocycles. The molecule has 3 N–H and O–H groups in total. The Morgan fingerprint density at radius 2 is 2.25 bits per heavy atom. The fourth-order valence-corrected chi connectivity index (χ4v) is 1.08. The van der Waals surface area contributed by atoms with E-state index in [4.69, 9.17) is 21.9 Å². The average molecular weight is 208 g/mol. The van der Waals surface area contributed by atoms with Gasteiger partial charge in [0, 0.05) is 6.07 Å². The summed E-state index contributed by atoms with van der Waals surface area (Å²) in [4.78, 5) is 0. The maximum Gasteiger partial charge on any atom is 0.357 e. The number of hydrogen-bond acceptors (Lipinski definition) is 3. The molecular weight excluding hydrogens is 202 g/mol. The van der Waals surface area contributed by atoms with Gasteiger partial charge in [-0.15, -0.1) is 0 Å². The Morgan fingerprint density at radius 3 is 2.75 bits per heavy atom. The summed E-state index contributed by atoms with van der Waals surface area (Å²) in [5.41, 5.74) is 5.79. The van der Waals surface area contributed by atoms with Crippen LogP contribution in [0.15, 0.2) is 18.2 Å². The van der Waals surface area contributed by atoms with Crippen molar-refractivity contribution in [3.63, 3.8) is 0 Å². The molecule has 0 bridgehead atoms. The molecule has 0 aliphatic heterocycles. The average Bonchev–Trinajstić information content (AvgIpc) is 1.96. The number of nitrogen functional groups attached to an aromatic ring is 1. The van der Waals surface area contributed by atoms with E-state index in [-0.39, 0.29) is 10.8 Å². The van der Waals surface area contributed by atoms with Gasteiger partial charge in [0.25, 0.3) is 0 Å². The first kappa shape index (κ1) is 9.31. The lowest BCUT2D eigenvalue weighted by molar-refractivity contribution is 0.458. The van der Waals surface area contributed by atoms with Crippen molar-refractivity contribution in [1.82, 2.24) is 0 Å². The molecule has 1 rings (SSSR count).